The van der Waals surface area contributed by atoms with Gasteiger partial charge in [0.15, 0.2) is 9.84 Å². The van der Waals surface area contributed by atoms with Crippen molar-refractivity contribution in [3.05, 3.63) is 30.3 Å². The maximum absolute atomic E-state index is 12.4. The number of urea groups is 1. The molecule has 2 fully saturated rings. The molecular formula is C16H21N3O4S. The van der Waals surface area contributed by atoms with Crippen LogP contribution in [0.25, 0.3) is 0 Å². The van der Waals surface area contributed by atoms with E-state index in [1.807, 2.05) is 4.90 Å². The molecule has 0 spiro atoms. The van der Waals surface area contributed by atoms with Crippen LogP contribution in [0.4, 0.5) is 4.79 Å². The Hall–Kier alpha value is -1.93. The van der Waals surface area contributed by atoms with E-state index in [9.17, 15) is 18.0 Å². The molecule has 0 bridgehead atoms. The molecule has 0 aliphatic carbocycles. The third kappa shape index (κ3) is 3.03. The highest BCUT2D eigenvalue weighted by atomic mass is 32.2. The molecule has 3 rings (SSSR count). The fourth-order valence-corrected chi connectivity index (χ4v) is 4.50. The third-order valence-electron chi connectivity index (χ3n) is 4.59. The molecule has 1 atom stereocenters. The van der Waals surface area contributed by atoms with E-state index >= 15 is 0 Å². The first-order valence-electron chi connectivity index (χ1n) is 8.06. The lowest BCUT2D eigenvalue weighted by Gasteiger charge is -2.35. The van der Waals surface area contributed by atoms with Crippen LogP contribution in [-0.4, -0.2) is 79.6 Å². The fourth-order valence-electron chi connectivity index (χ4n) is 3.20. The summed E-state index contributed by atoms with van der Waals surface area (Å²) in [6, 6.07) is 7.65. The molecule has 0 radical (unpaired) electrons. The number of carbonyl (C=O) groups is 2. The van der Waals surface area contributed by atoms with Crippen LogP contribution >= 0.6 is 0 Å². The largest absolute Gasteiger partial charge is 0.327 e. The molecule has 7 nitrogen and oxygen atoms in total. The van der Waals surface area contributed by atoms with Gasteiger partial charge in [-0.3, -0.25) is 14.6 Å². The van der Waals surface area contributed by atoms with E-state index in [4.69, 9.17) is 0 Å². The van der Waals surface area contributed by atoms with Crippen LogP contribution in [-0.2, 0) is 14.6 Å². The molecule has 2 saturated heterocycles. The number of nitrogens with zero attached hydrogens (tertiary/aromatic N) is 3. The number of benzene rings is 1. The zero-order valence-electron chi connectivity index (χ0n) is 13.6. The van der Waals surface area contributed by atoms with Crippen LogP contribution in [0.5, 0.6) is 0 Å². The van der Waals surface area contributed by atoms with Gasteiger partial charge in [0.2, 0.25) is 0 Å². The number of likely N-dealkylation sites (N-methyl/N-ethyl adjacent to an activating group) is 1. The van der Waals surface area contributed by atoms with Crippen molar-refractivity contribution >= 4 is 21.8 Å². The fraction of sp³-hybridized carbons (Fsp3) is 0.500. The molecule has 0 aromatic heterocycles. The van der Waals surface area contributed by atoms with Gasteiger partial charge in [0, 0.05) is 32.7 Å². The molecule has 1 aromatic carbocycles. The Morgan fingerprint density at radius 3 is 2.50 bits per heavy atom. The number of amides is 3. The van der Waals surface area contributed by atoms with Gasteiger partial charge in [0.1, 0.15) is 6.04 Å². The second-order valence-corrected chi connectivity index (χ2v) is 8.12. The highest BCUT2D eigenvalue weighted by molar-refractivity contribution is 7.91. The zero-order chi connectivity index (χ0) is 17.3. The zero-order valence-corrected chi connectivity index (χ0v) is 14.4. The van der Waals surface area contributed by atoms with Crippen molar-refractivity contribution in [3.8, 4) is 0 Å². The first-order chi connectivity index (χ1) is 11.4. The summed E-state index contributed by atoms with van der Waals surface area (Å²) in [4.78, 5) is 29.5. The number of hydrogen-bond donors (Lipinski definition) is 0. The standard InChI is InChI=1S/C16H21N3O4S/c1-2-18-15(20)14-12-17(8-9-19(14)16(18)21)10-11-24(22,23)13-6-4-3-5-7-13/h3-7,14H,2,8-12H2,1H3. The van der Waals surface area contributed by atoms with Crippen molar-refractivity contribution in [1.29, 1.82) is 0 Å². The van der Waals surface area contributed by atoms with Gasteiger partial charge in [-0.25, -0.2) is 13.2 Å². The molecule has 2 aliphatic rings. The molecule has 1 aromatic rings. The Morgan fingerprint density at radius 2 is 1.83 bits per heavy atom. The van der Waals surface area contributed by atoms with Crippen molar-refractivity contribution in [2.75, 3.05) is 38.5 Å². The van der Waals surface area contributed by atoms with E-state index in [0.717, 1.165) is 0 Å². The molecule has 8 heteroatoms. The monoisotopic (exact) mass is 351 g/mol. The Morgan fingerprint density at radius 1 is 1.12 bits per heavy atom. The summed E-state index contributed by atoms with van der Waals surface area (Å²) in [5.41, 5.74) is 0. The summed E-state index contributed by atoms with van der Waals surface area (Å²) in [5.74, 6) is -0.179. The number of rotatable bonds is 5. The Kier molecular flexibility index (Phi) is 4.60. The number of imide groups is 1. The highest BCUT2D eigenvalue weighted by Gasteiger charge is 2.46. The Bertz CT molecular complexity index is 735. The van der Waals surface area contributed by atoms with Crippen LogP contribution in [0.2, 0.25) is 0 Å². The van der Waals surface area contributed by atoms with Gasteiger partial charge in [0.25, 0.3) is 5.91 Å². The van der Waals surface area contributed by atoms with Gasteiger partial charge < -0.3 is 4.90 Å². The first kappa shape index (κ1) is 16.9. The first-order valence-corrected chi connectivity index (χ1v) is 9.71. The van der Waals surface area contributed by atoms with Gasteiger partial charge in [-0.15, -0.1) is 0 Å². The molecular weight excluding hydrogens is 330 g/mol. The van der Waals surface area contributed by atoms with Crippen LogP contribution < -0.4 is 0 Å². The maximum Gasteiger partial charge on any atom is 0.327 e. The van der Waals surface area contributed by atoms with Crippen molar-refractivity contribution in [2.45, 2.75) is 17.9 Å². The highest BCUT2D eigenvalue weighted by Crippen LogP contribution is 2.22. The molecule has 1 unspecified atom stereocenters. The average Bonchev–Trinajstić information content (AvgIpc) is 2.84. The molecule has 2 heterocycles. The second kappa shape index (κ2) is 6.52. The van der Waals surface area contributed by atoms with Crippen LogP contribution in [0.3, 0.4) is 0 Å². The van der Waals surface area contributed by atoms with Crippen LogP contribution in [0.15, 0.2) is 35.2 Å². The second-order valence-electron chi connectivity index (χ2n) is 6.01. The van der Waals surface area contributed by atoms with E-state index in [-0.39, 0.29) is 17.7 Å². The van der Waals surface area contributed by atoms with E-state index in [1.54, 1.807) is 42.2 Å². The SMILES string of the molecule is CCN1C(=O)C2CN(CCS(=O)(=O)c3ccccc3)CCN2C1=O. The number of piperazine rings is 1. The third-order valence-corrected chi connectivity index (χ3v) is 6.30. The van der Waals surface area contributed by atoms with Crippen molar-refractivity contribution in [3.63, 3.8) is 0 Å². The molecule has 0 N–H and O–H groups in total. The summed E-state index contributed by atoms with van der Waals surface area (Å²) >= 11 is 0. The van der Waals surface area contributed by atoms with Gasteiger partial charge in [0.05, 0.1) is 10.6 Å². The summed E-state index contributed by atoms with van der Waals surface area (Å²) in [6.45, 7) is 3.93. The maximum atomic E-state index is 12.4. The summed E-state index contributed by atoms with van der Waals surface area (Å²) in [7, 11) is -3.34. The minimum atomic E-state index is -3.34. The number of hydrogen-bond acceptors (Lipinski definition) is 5. The van der Waals surface area contributed by atoms with Crippen LogP contribution in [0, 0.1) is 0 Å². The Labute approximate surface area is 141 Å². The molecule has 24 heavy (non-hydrogen) atoms. The quantitative estimate of drug-likeness (QED) is 0.719. The lowest BCUT2D eigenvalue weighted by Crippen LogP contribution is -2.53. The summed E-state index contributed by atoms with van der Waals surface area (Å²) < 4.78 is 24.7. The normalized spacial score (nSPS) is 22.1. The summed E-state index contributed by atoms with van der Waals surface area (Å²) in [5, 5.41) is 0. The Balaban J connectivity index is 1.63. The van der Waals surface area contributed by atoms with E-state index in [1.165, 1.54) is 4.90 Å². The predicted molar refractivity (Wildman–Crippen MR) is 88.2 cm³/mol. The van der Waals surface area contributed by atoms with Crippen molar-refractivity contribution < 1.29 is 18.0 Å². The topological polar surface area (TPSA) is 78.0 Å². The van der Waals surface area contributed by atoms with E-state index in [0.29, 0.717) is 37.6 Å². The van der Waals surface area contributed by atoms with E-state index in [2.05, 4.69) is 0 Å². The van der Waals surface area contributed by atoms with Gasteiger partial charge in [-0.2, -0.15) is 0 Å². The van der Waals surface area contributed by atoms with Crippen molar-refractivity contribution in [1.82, 2.24) is 14.7 Å². The van der Waals surface area contributed by atoms with Gasteiger partial charge in [-0.1, -0.05) is 18.2 Å². The molecule has 130 valence electrons. The minimum absolute atomic E-state index is 0.00334. The number of carbonyl (C=O) groups excluding carboxylic acids is 2. The number of fused-ring (bicyclic) bond motifs is 1. The van der Waals surface area contributed by atoms with Gasteiger partial charge in [-0.05, 0) is 19.1 Å². The molecule has 3 amide bonds. The molecule has 2 aliphatic heterocycles. The average molecular weight is 351 g/mol. The summed E-state index contributed by atoms with van der Waals surface area (Å²) in [6.07, 6.45) is 0. The lowest BCUT2D eigenvalue weighted by atomic mass is 10.2. The van der Waals surface area contributed by atoms with Gasteiger partial charge >= 0.3 is 6.03 Å². The smallest absolute Gasteiger partial charge is 0.310 e. The van der Waals surface area contributed by atoms with E-state index < -0.39 is 15.9 Å². The lowest BCUT2D eigenvalue weighted by molar-refractivity contribution is -0.129. The molecule has 0 saturated carbocycles. The number of sulfone groups is 1. The predicted octanol–water partition coefficient (Wildman–Crippen LogP) is 0.429. The minimum Gasteiger partial charge on any atom is -0.310 e. The van der Waals surface area contributed by atoms with Crippen molar-refractivity contribution in [2.24, 2.45) is 0 Å². The van der Waals surface area contributed by atoms with Crippen LogP contribution in [0.1, 0.15) is 6.92 Å².